The summed E-state index contributed by atoms with van der Waals surface area (Å²) < 4.78 is 6.12. The first kappa shape index (κ1) is 12.3. The highest BCUT2D eigenvalue weighted by Gasteiger charge is 2.31. The van der Waals surface area contributed by atoms with E-state index in [2.05, 4.69) is 34.6 Å². The van der Waals surface area contributed by atoms with E-state index in [4.69, 9.17) is 4.74 Å². The van der Waals surface area contributed by atoms with E-state index in [1.807, 2.05) is 12.1 Å². The van der Waals surface area contributed by atoms with Crippen molar-refractivity contribution in [1.29, 1.82) is 0 Å². The summed E-state index contributed by atoms with van der Waals surface area (Å²) in [7, 11) is 0. The molecule has 2 rings (SSSR count). The number of hydrogen-bond acceptors (Lipinski definition) is 2. The molecule has 0 saturated carbocycles. The van der Waals surface area contributed by atoms with E-state index in [0.29, 0.717) is 5.75 Å². The van der Waals surface area contributed by atoms with Crippen LogP contribution < -0.4 is 4.74 Å². The summed E-state index contributed by atoms with van der Waals surface area (Å²) in [5, 5.41) is 9.81. The lowest BCUT2D eigenvalue weighted by Crippen LogP contribution is -2.34. The quantitative estimate of drug-likeness (QED) is 0.740. The summed E-state index contributed by atoms with van der Waals surface area (Å²) in [5.41, 5.74) is 2.11. The fourth-order valence-electron chi connectivity index (χ4n) is 2.30. The second-order valence-corrected chi connectivity index (χ2v) is 6.59. The monoisotopic (exact) mass is 234 g/mol. The SMILES string of the molecule is CC1(C)CCc2cc(O)cc(C(C)(C)C)c2O1. The van der Waals surface area contributed by atoms with Crippen molar-refractivity contribution in [3.63, 3.8) is 0 Å². The molecule has 0 amide bonds. The molecule has 1 aliphatic heterocycles. The standard InChI is InChI=1S/C15H22O2/c1-14(2,3)12-9-11(16)8-10-6-7-15(4,5)17-13(10)12/h8-9,16H,6-7H2,1-5H3. The van der Waals surface area contributed by atoms with Gasteiger partial charge < -0.3 is 9.84 Å². The lowest BCUT2D eigenvalue weighted by molar-refractivity contribution is 0.0818. The molecule has 17 heavy (non-hydrogen) atoms. The third-order valence-electron chi connectivity index (χ3n) is 3.33. The van der Waals surface area contributed by atoms with Gasteiger partial charge in [0.25, 0.3) is 0 Å². The molecule has 0 fully saturated rings. The minimum Gasteiger partial charge on any atom is -0.508 e. The predicted octanol–water partition coefficient (Wildman–Crippen LogP) is 3.79. The van der Waals surface area contributed by atoms with E-state index < -0.39 is 0 Å². The molecular formula is C15H22O2. The Balaban J connectivity index is 2.58. The fraction of sp³-hybridized carbons (Fsp3) is 0.600. The Morgan fingerprint density at radius 3 is 2.47 bits per heavy atom. The highest BCUT2D eigenvalue weighted by atomic mass is 16.5. The van der Waals surface area contributed by atoms with Crippen LogP contribution in [0.2, 0.25) is 0 Å². The number of aryl methyl sites for hydroxylation is 1. The summed E-state index contributed by atoms with van der Waals surface area (Å²) in [6.45, 7) is 10.7. The molecule has 94 valence electrons. The zero-order valence-corrected chi connectivity index (χ0v) is 11.4. The molecule has 0 spiro atoms. The molecule has 0 aliphatic carbocycles. The first-order chi connectivity index (χ1) is 7.69. The van der Waals surface area contributed by atoms with Crippen molar-refractivity contribution >= 4 is 0 Å². The van der Waals surface area contributed by atoms with E-state index in [1.165, 1.54) is 0 Å². The van der Waals surface area contributed by atoms with Crippen molar-refractivity contribution in [1.82, 2.24) is 0 Å². The molecule has 2 heteroatoms. The van der Waals surface area contributed by atoms with Gasteiger partial charge in [-0.3, -0.25) is 0 Å². The van der Waals surface area contributed by atoms with Crippen molar-refractivity contribution in [3.05, 3.63) is 23.3 Å². The van der Waals surface area contributed by atoms with Crippen LogP contribution >= 0.6 is 0 Å². The first-order valence-electron chi connectivity index (χ1n) is 6.24. The van der Waals surface area contributed by atoms with Crippen LogP contribution in [-0.4, -0.2) is 10.7 Å². The second-order valence-electron chi connectivity index (χ2n) is 6.59. The van der Waals surface area contributed by atoms with Gasteiger partial charge in [-0.15, -0.1) is 0 Å². The summed E-state index contributed by atoms with van der Waals surface area (Å²) in [4.78, 5) is 0. The van der Waals surface area contributed by atoms with Gasteiger partial charge >= 0.3 is 0 Å². The van der Waals surface area contributed by atoms with Crippen molar-refractivity contribution < 1.29 is 9.84 Å². The maximum absolute atomic E-state index is 9.81. The van der Waals surface area contributed by atoms with Crippen molar-refractivity contribution in [3.8, 4) is 11.5 Å². The Morgan fingerprint density at radius 1 is 1.24 bits per heavy atom. The van der Waals surface area contributed by atoms with Gasteiger partial charge in [-0.25, -0.2) is 0 Å². The maximum atomic E-state index is 9.81. The highest BCUT2D eigenvalue weighted by Crippen LogP contribution is 2.42. The fourth-order valence-corrected chi connectivity index (χ4v) is 2.30. The second kappa shape index (κ2) is 3.66. The van der Waals surface area contributed by atoms with Crippen molar-refractivity contribution in [2.75, 3.05) is 0 Å². The zero-order chi connectivity index (χ0) is 12.8. The number of benzene rings is 1. The molecule has 0 unspecified atom stereocenters. The predicted molar refractivity (Wildman–Crippen MR) is 69.8 cm³/mol. The Labute approximate surface area is 104 Å². The van der Waals surface area contributed by atoms with E-state index in [-0.39, 0.29) is 11.0 Å². The molecule has 0 aromatic heterocycles. The normalized spacial score (nSPS) is 18.4. The third-order valence-corrected chi connectivity index (χ3v) is 3.33. The number of phenols is 1. The van der Waals surface area contributed by atoms with E-state index in [0.717, 1.165) is 29.7 Å². The third kappa shape index (κ3) is 2.41. The summed E-state index contributed by atoms with van der Waals surface area (Å²) in [6.07, 6.45) is 1.97. The molecule has 1 N–H and O–H groups in total. The minimum atomic E-state index is -0.107. The van der Waals surface area contributed by atoms with Gasteiger partial charge in [0, 0.05) is 5.56 Å². The highest BCUT2D eigenvalue weighted by molar-refractivity contribution is 5.51. The van der Waals surface area contributed by atoms with E-state index in [1.54, 1.807) is 0 Å². The van der Waals surface area contributed by atoms with Gasteiger partial charge in [-0.1, -0.05) is 20.8 Å². The number of aromatic hydroxyl groups is 1. The molecule has 0 bridgehead atoms. The molecule has 1 heterocycles. The molecule has 0 saturated heterocycles. The number of hydrogen-bond donors (Lipinski definition) is 1. The molecule has 2 nitrogen and oxygen atoms in total. The average molecular weight is 234 g/mol. The molecular weight excluding hydrogens is 212 g/mol. The molecule has 1 aliphatic rings. The van der Waals surface area contributed by atoms with Gasteiger partial charge in [0.1, 0.15) is 17.1 Å². The largest absolute Gasteiger partial charge is 0.508 e. The maximum Gasteiger partial charge on any atom is 0.127 e. The van der Waals surface area contributed by atoms with Crippen LogP contribution in [0.5, 0.6) is 11.5 Å². The summed E-state index contributed by atoms with van der Waals surface area (Å²) >= 11 is 0. The Kier molecular flexibility index (Phi) is 2.64. The Morgan fingerprint density at radius 2 is 1.88 bits per heavy atom. The van der Waals surface area contributed by atoms with Crippen molar-refractivity contribution in [2.24, 2.45) is 0 Å². The van der Waals surface area contributed by atoms with Crippen LogP contribution in [0.25, 0.3) is 0 Å². The van der Waals surface area contributed by atoms with Gasteiger partial charge in [0.2, 0.25) is 0 Å². The van der Waals surface area contributed by atoms with E-state index in [9.17, 15) is 5.11 Å². The smallest absolute Gasteiger partial charge is 0.127 e. The van der Waals surface area contributed by atoms with Gasteiger partial charge in [-0.05, 0) is 49.8 Å². The molecule has 0 atom stereocenters. The molecule has 1 aromatic carbocycles. The van der Waals surface area contributed by atoms with Crippen LogP contribution in [0.15, 0.2) is 12.1 Å². The lowest BCUT2D eigenvalue weighted by Gasteiger charge is -2.36. The van der Waals surface area contributed by atoms with Crippen LogP contribution in [0, 0.1) is 0 Å². The van der Waals surface area contributed by atoms with Crippen LogP contribution in [-0.2, 0) is 11.8 Å². The molecule has 1 aromatic rings. The Bertz CT molecular complexity index is 439. The van der Waals surface area contributed by atoms with Gasteiger partial charge in [0.05, 0.1) is 0 Å². The number of fused-ring (bicyclic) bond motifs is 1. The number of rotatable bonds is 0. The average Bonchev–Trinajstić information content (AvgIpc) is 2.15. The van der Waals surface area contributed by atoms with Crippen LogP contribution in [0.3, 0.4) is 0 Å². The topological polar surface area (TPSA) is 29.5 Å². The first-order valence-corrected chi connectivity index (χ1v) is 6.24. The summed E-state index contributed by atoms with van der Waals surface area (Å²) in [5.74, 6) is 1.32. The Hall–Kier alpha value is -1.18. The number of phenolic OH excluding ortho intramolecular Hbond substituents is 1. The van der Waals surface area contributed by atoms with Crippen LogP contribution in [0.4, 0.5) is 0 Å². The minimum absolute atomic E-state index is 0.0176. The lowest BCUT2D eigenvalue weighted by atomic mass is 9.82. The van der Waals surface area contributed by atoms with E-state index >= 15 is 0 Å². The molecule has 0 radical (unpaired) electrons. The van der Waals surface area contributed by atoms with Crippen LogP contribution in [0.1, 0.15) is 52.2 Å². The number of ether oxygens (including phenoxy) is 1. The van der Waals surface area contributed by atoms with Crippen molar-refractivity contribution in [2.45, 2.75) is 58.5 Å². The van der Waals surface area contributed by atoms with Gasteiger partial charge in [0.15, 0.2) is 0 Å². The zero-order valence-electron chi connectivity index (χ0n) is 11.4. The van der Waals surface area contributed by atoms with Gasteiger partial charge in [-0.2, -0.15) is 0 Å². The summed E-state index contributed by atoms with van der Waals surface area (Å²) in [6, 6.07) is 3.67.